The predicted molar refractivity (Wildman–Crippen MR) is 67.9 cm³/mol. The summed E-state index contributed by atoms with van der Waals surface area (Å²) >= 11 is 0. The molecule has 0 aromatic heterocycles. The lowest BCUT2D eigenvalue weighted by Crippen LogP contribution is -2.41. The Morgan fingerprint density at radius 1 is 1.35 bits per heavy atom. The first-order valence-electron chi connectivity index (χ1n) is 5.78. The molecule has 94 valence electrons. The fourth-order valence-corrected chi connectivity index (χ4v) is 1.63. The molecule has 0 heterocycles. The molecule has 0 aliphatic carbocycles. The SMILES string of the molecule is Cc1ccc(C(=O)NC(C)(C)C)c([C@H](C)F)c1. The molecule has 1 aromatic rings. The maximum atomic E-state index is 13.5. The third-order valence-electron chi connectivity index (χ3n) is 2.37. The molecule has 1 atom stereocenters. The zero-order valence-electron chi connectivity index (χ0n) is 11.1. The molecule has 0 radical (unpaired) electrons. The molecular formula is C14H20FNO. The van der Waals surface area contributed by atoms with E-state index in [0.29, 0.717) is 11.1 Å². The van der Waals surface area contributed by atoms with Crippen molar-refractivity contribution in [3.63, 3.8) is 0 Å². The van der Waals surface area contributed by atoms with Crippen LogP contribution < -0.4 is 5.32 Å². The maximum Gasteiger partial charge on any atom is 0.252 e. The monoisotopic (exact) mass is 237 g/mol. The highest BCUT2D eigenvalue weighted by Gasteiger charge is 2.20. The average Bonchev–Trinajstić information content (AvgIpc) is 2.14. The van der Waals surface area contributed by atoms with Gasteiger partial charge in [0.25, 0.3) is 5.91 Å². The van der Waals surface area contributed by atoms with Crippen LogP contribution in [0.5, 0.6) is 0 Å². The van der Waals surface area contributed by atoms with Crippen molar-refractivity contribution in [1.82, 2.24) is 5.32 Å². The van der Waals surface area contributed by atoms with Crippen LogP contribution in [-0.2, 0) is 0 Å². The number of benzene rings is 1. The second-order valence-corrected chi connectivity index (χ2v) is 5.41. The molecular weight excluding hydrogens is 217 g/mol. The van der Waals surface area contributed by atoms with Crippen LogP contribution in [0.15, 0.2) is 18.2 Å². The number of halogens is 1. The molecule has 3 heteroatoms. The average molecular weight is 237 g/mol. The normalized spacial score (nSPS) is 13.3. The van der Waals surface area contributed by atoms with Crippen LogP contribution >= 0.6 is 0 Å². The Morgan fingerprint density at radius 3 is 2.41 bits per heavy atom. The fraction of sp³-hybridized carbons (Fsp3) is 0.500. The molecule has 0 aliphatic heterocycles. The Hall–Kier alpha value is -1.38. The van der Waals surface area contributed by atoms with Crippen molar-refractivity contribution < 1.29 is 9.18 Å². The van der Waals surface area contributed by atoms with Gasteiger partial charge < -0.3 is 5.32 Å². The van der Waals surface area contributed by atoms with Gasteiger partial charge in [0.2, 0.25) is 0 Å². The van der Waals surface area contributed by atoms with Crippen LogP contribution in [0.25, 0.3) is 0 Å². The number of carbonyl (C=O) groups excluding carboxylic acids is 1. The summed E-state index contributed by atoms with van der Waals surface area (Å²) in [6, 6.07) is 5.23. The number of hydrogen-bond acceptors (Lipinski definition) is 1. The topological polar surface area (TPSA) is 29.1 Å². The summed E-state index contributed by atoms with van der Waals surface area (Å²) in [6.07, 6.45) is -1.14. The summed E-state index contributed by atoms with van der Waals surface area (Å²) in [5, 5.41) is 2.84. The minimum absolute atomic E-state index is 0.225. The quantitative estimate of drug-likeness (QED) is 0.837. The second-order valence-electron chi connectivity index (χ2n) is 5.41. The summed E-state index contributed by atoms with van der Waals surface area (Å²) in [4.78, 5) is 12.0. The van der Waals surface area contributed by atoms with Crippen LogP contribution in [0.1, 0.15) is 55.4 Å². The highest BCUT2D eigenvalue weighted by atomic mass is 19.1. The molecule has 0 saturated carbocycles. The Kier molecular flexibility index (Phi) is 3.91. The molecule has 0 bridgehead atoms. The molecule has 0 fully saturated rings. The first kappa shape index (κ1) is 13.7. The summed E-state index contributed by atoms with van der Waals surface area (Å²) in [7, 11) is 0. The van der Waals surface area contributed by atoms with Gasteiger partial charge in [-0.1, -0.05) is 17.7 Å². The van der Waals surface area contributed by atoms with Crippen LogP contribution in [0.3, 0.4) is 0 Å². The van der Waals surface area contributed by atoms with Gasteiger partial charge in [0, 0.05) is 11.1 Å². The van der Waals surface area contributed by atoms with Gasteiger partial charge >= 0.3 is 0 Å². The molecule has 1 aromatic carbocycles. The Bertz CT molecular complexity index is 419. The summed E-state index contributed by atoms with van der Waals surface area (Å²) in [5.41, 5.74) is 1.50. The highest BCUT2D eigenvalue weighted by molar-refractivity contribution is 5.96. The standard InChI is InChI=1S/C14H20FNO/c1-9-6-7-11(12(8-9)10(2)15)13(17)16-14(3,4)5/h6-8,10H,1-5H3,(H,16,17)/t10-/m0/s1. The summed E-state index contributed by atoms with van der Waals surface area (Å²) < 4.78 is 13.5. The first-order chi connectivity index (χ1) is 7.70. The van der Waals surface area contributed by atoms with Gasteiger partial charge in [0.1, 0.15) is 6.17 Å². The Labute approximate surface area is 102 Å². The van der Waals surface area contributed by atoms with E-state index in [4.69, 9.17) is 0 Å². The molecule has 1 amide bonds. The largest absolute Gasteiger partial charge is 0.347 e. The van der Waals surface area contributed by atoms with Crippen molar-refractivity contribution in [3.05, 3.63) is 34.9 Å². The molecule has 0 unspecified atom stereocenters. The number of amides is 1. The molecule has 0 spiro atoms. The number of rotatable bonds is 2. The lowest BCUT2D eigenvalue weighted by molar-refractivity contribution is 0.0916. The number of hydrogen-bond donors (Lipinski definition) is 1. The second kappa shape index (κ2) is 4.86. The Balaban J connectivity index is 3.09. The zero-order valence-corrected chi connectivity index (χ0v) is 11.1. The van der Waals surface area contributed by atoms with Crippen molar-refractivity contribution in [2.24, 2.45) is 0 Å². The first-order valence-corrected chi connectivity index (χ1v) is 5.78. The van der Waals surface area contributed by atoms with E-state index in [1.807, 2.05) is 33.8 Å². The molecule has 0 saturated heterocycles. The zero-order chi connectivity index (χ0) is 13.2. The highest BCUT2D eigenvalue weighted by Crippen LogP contribution is 2.23. The van der Waals surface area contributed by atoms with Crippen molar-refractivity contribution in [2.45, 2.75) is 46.3 Å². The van der Waals surface area contributed by atoms with Crippen molar-refractivity contribution >= 4 is 5.91 Å². The minimum Gasteiger partial charge on any atom is -0.347 e. The van der Waals surface area contributed by atoms with E-state index in [9.17, 15) is 9.18 Å². The maximum absolute atomic E-state index is 13.5. The lowest BCUT2D eigenvalue weighted by Gasteiger charge is -2.22. The number of alkyl halides is 1. The minimum atomic E-state index is -1.14. The van der Waals surface area contributed by atoms with Gasteiger partial charge in [-0.25, -0.2) is 4.39 Å². The van der Waals surface area contributed by atoms with Gasteiger partial charge in [-0.3, -0.25) is 4.79 Å². The van der Waals surface area contributed by atoms with E-state index in [2.05, 4.69) is 5.32 Å². The van der Waals surface area contributed by atoms with Crippen LogP contribution in [0.2, 0.25) is 0 Å². The van der Waals surface area contributed by atoms with Crippen molar-refractivity contribution in [3.8, 4) is 0 Å². The summed E-state index contributed by atoms with van der Waals surface area (Å²) in [6.45, 7) is 9.03. The Morgan fingerprint density at radius 2 is 1.94 bits per heavy atom. The van der Waals surface area contributed by atoms with Gasteiger partial charge in [-0.2, -0.15) is 0 Å². The van der Waals surface area contributed by atoms with Crippen LogP contribution in [-0.4, -0.2) is 11.4 Å². The molecule has 0 aliphatic rings. The van der Waals surface area contributed by atoms with E-state index in [1.165, 1.54) is 6.92 Å². The third-order valence-corrected chi connectivity index (χ3v) is 2.37. The van der Waals surface area contributed by atoms with E-state index in [-0.39, 0.29) is 11.4 Å². The smallest absolute Gasteiger partial charge is 0.252 e. The van der Waals surface area contributed by atoms with Gasteiger partial charge in [-0.15, -0.1) is 0 Å². The number of carbonyl (C=O) groups is 1. The van der Waals surface area contributed by atoms with Crippen LogP contribution in [0.4, 0.5) is 4.39 Å². The van der Waals surface area contributed by atoms with Gasteiger partial charge in [-0.05, 0) is 46.2 Å². The van der Waals surface area contributed by atoms with E-state index >= 15 is 0 Å². The van der Waals surface area contributed by atoms with Crippen molar-refractivity contribution in [1.29, 1.82) is 0 Å². The van der Waals surface area contributed by atoms with Crippen molar-refractivity contribution in [2.75, 3.05) is 0 Å². The van der Waals surface area contributed by atoms with E-state index in [0.717, 1.165) is 5.56 Å². The van der Waals surface area contributed by atoms with Gasteiger partial charge in [0.05, 0.1) is 0 Å². The van der Waals surface area contributed by atoms with Crippen LogP contribution in [0, 0.1) is 6.92 Å². The van der Waals surface area contributed by atoms with E-state index < -0.39 is 6.17 Å². The predicted octanol–water partition coefficient (Wildman–Crippen LogP) is 3.55. The molecule has 17 heavy (non-hydrogen) atoms. The molecule has 1 rings (SSSR count). The number of aryl methyl sites for hydroxylation is 1. The summed E-state index contributed by atoms with van der Waals surface area (Å²) in [5.74, 6) is -0.225. The third kappa shape index (κ3) is 3.84. The number of nitrogens with one attached hydrogen (secondary N) is 1. The fourth-order valence-electron chi connectivity index (χ4n) is 1.63. The molecule has 1 N–H and O–H groups in total. The van der Waals surface area contributed by atoms with Gasteiger partial charge in [0.15, 0.2) is 0 Å². The van der Waals surface area contributed by atoms with E-state index in [1.54, 1.807) is 12.1 Å². The molecule has 2 nitrogen and oxygen atoms in total. The lowest BCUT2D eigenvalue weighted by atomic mass is 9.99.